The predicted molar refractivity (Wildman–Crippen MR) is 79.3 cm³/mol. The molecule has 0 fully saturated rings. The van der Waals surface area contributed by atoms with E-state index in [0.717, 1.165) is 22.2 Å². The highest BCUT2D eigenvalue weighted by molar-refractivity contribution is 6.49. The van der Waals surface area contributed by atoms with Crippen molar-refractivity contribution >= 4 is 25.4 Å². The molecule has 1 heterocycles. The molecule has 0 unspecified atom stereocenters. The molecule has 2 aromatic carbocycles. The van der Waals surface area contributed by atoms with Crippen LogP contribution in [0.5, 0.6) is 0 Å². The Balaban J connectivity index is 1.61. The largest absolute Gasteiger partial charge is 0.468 e. The first-order valence-electron chi connectivity index (χ1n) is 6.27. The third-order valence-electron chi connectivity index (χ3n) is 2.89. The lowest BCUT2D eigenvalue weighted by Crippen LogP contribution is -2.24. The highest BCUT2D eigenvalue weighted by Crippen LogP contribution is 2.04. The van der Waals surface area contributed by atoms with Crippen molar-refractivity contribution in [3.63, 3.8) is 0 Å². The lowest BCUT2D eigenvalue weighted by Gasteiger charge is -2.08. The predicted octanol–water partition coefficient (Wildman–Crippen LogP) is 1.85. The van der Waals surface area contributed by atoms with Crippen LogP contribution in [0.4, 0.5) is 0 Å². The van der Waals surface area contributed by atoms with Crippen molar-refractivity contribution in [2.24, 2.45) is 10.3 Å². The molecule has 1 aliphatic heterocycles. The third-order valence-corrected chi connectivity index (χ3v) is 2.89. The molecular weight excluding hydrogens is 251 g/mol. The number of oxime groups is 2. The number of nitrogens with zero attached hydrogens (tertiary/aromatic N) is 2. The molecule has 4 nitrogen and oxygen atoms in total. The van der Waals surface area contributed by atoms with Crippen LogP contribution in [0.1, 0.15) is 16.7 Å². The number of benzene rings is 2. The molecule has 0 saturated carbocycles. The summed E-state index contributed by atoms with van der Waals surface area (Å²) in [5.74, 6) is 0. The highest BCUT2D eigenvalue weighted by Gasteiger charge is 2.09. The van der Waals surface area contributed by atoms with Crippen molar-refractivity contribution in [1.82, 2.24) is 0 Å². The summed E-state index contributed by atoms with van der Waals surface area (Å²) in [6.07, 6.45) is 3.37. The molecule has 0 spiro atoms. The summed E-state index contributed by atoms with van der Waals surface area (Å²) in [5, 5.41) is 7.71. The van der Waals surface area contributed by atoms with E-state index in [0.29, 0.717) is 6.61 Å². The van der Waals surface area contributed by atoms with Gasteiger partial charge in [-0.3, -0.25) is 0 Å². The van der Waals surface area contributed by atoms with Crippen molar-refractivity contribution in [1.29, 1.82) is 0 Å². The average molecular weight is 263 g/mol. The van der Waals surface area contributed by atoms with Gasteiger partial charge in [-0.25, -0.2) is 0 Å². The molecule has 97 valence electrons. The molecule has 20 heavy (non-hydrogen) atoms. The zero-order valence-electron chi connectivity index (χ0n) is 10.8. The molecule has 0 saturated heterocycles. The summed E-state index contributed by atoms with van der Waals surface area (Å²) in [6.45, 7) is 0.464. The number of hydrogen-bond donors (Lipinski definition) is 0. The third kappa shape index (κ3) is 3.06. The van der Waals surface area contributed by atoms with Crippen LogP contribution >= 0.6 is 0 Å². The van der Waals surface area contributed by atoms with Crippen LogP contribution in [0.15, 0.2) is 58.8 Å². The fourth-order valence-corrected chi connectivity index (χ4v) is 1.85. The van der Waals surface area contributed by atoms with E-state index in [1.165, 1.54) is 0 Å². The van der Waals surface area contributed by atoms with Crippen molar-refractivity contribution in [2.45, 2.75) is 6.61 Å². The second-order valence-corrected chi connectivity index (χ2v) is 4.34. The van der Waals surface area contributed by atoms with E-state index in [9.17, 15) is 0 Å². The standard InChI is InChI=1S/C15H12BN2O2/c1-2-4-12(5-3-1)11-19-17-9-13-6-7-15-14(8-13)10-18-20-16-15/h1-10H,11H2/b17-9+. The molecule has 2 aromatic rings. The molecule has 1 aliphatic rings. The molecule has 0 aliphatic carbocycles. The summed E-state index contributed by atoms with van der Waals surface area (Å²) in [7, 11) is 1.61. The Morgan fingerprint density at radius 3 is 3.00 bits per heavy atom. The average Bonchev–Trinajstić information content (AvgIpc) is 2.52. The first kappa shape index (κ1) is 12.5. The van der Waals surface area contributed by atoms with Crippen molar-refractivity contribution in [3.8, 4) is 0 Å². The van der Waals surface area contributed by atoms with Crippen LogP contribution in [0.2, 0.25) is 0 Å². The van der Waals surface area contributed by atoms with E-state index < -0.39 is 0 Å². The summed E-state index contributed by atoms with van der Waals surface area (Å²) >= 11 is 0. The Bertz CT molecular complexity index is 642. The fourth-order valence-electron chi connectivity index (χ4n) is 1.85. The Labute approximate surface area is 118 Å². The van der Waals surface area contributed by atoms with Gasteiger partial charge < -0.3 is 9.59 Å². The van der Waals surface area contributed by atoms with E-state index in [1.54, 1.807) is 19.9 Å². The van der Waals surface area contributed by atoms with Crippen LogP contribution in [0.25, 0.3) is 0 Å². The molecular formula is C15H12BN2O2. The van der Waals surface area contributed by atoms with Gasteiger partial charge in [-0.2, -0.15) is 0 Å². The Hall–Kier alpha value is -2.56. The van der Waals surface area contributed by atoms with E-state index in [2.05, 4.69) is 10.3 Å². The van der Waals surface area contributed by atoms with E-state index in [4.69, 9.17) is 9.59 Å². The first-order chi connectivity index (χ1) is 9.92. The quantitative estimate of drug-likeness (QED) is 0.480. The number of rotatable bonds is 4. The van der Waals surface area contributed by atoms with Gasteiger partial charge in [0.2, 0.25) is 0 Å². The first-order valence-corrected chi connectivity index (χ1v) is 6.27. The molecule has 0 aromatic heterocycles. The minimum atomic E-state index is 0.464. The zero-order valence-corrected chi connectivity index (χ0v) is 10.8. The van der Waals surface area contributed by atoms with Crippen molar-refractivity contribution < 1.29 is 9.59 Å². The van der Waals surface area contributed by atoms with Gasteiger partial charge in [-0.1, -0.05) is 47.6 Å². The molecule has 0 amide bonds. The topological polar surface area (TPSA) is 43.2 Å². The van der Waals surface area contributed by atoms with Gasteiger partial charge in [0, 0.05) is 0 Å². The molecule has 0 N–H and O–H groups in total. The maximum Gasteiger partial charge on any atom is 0.449 e. The minimum Gasteiger partial charge on any atom is -0.468 e. The number of hydrogen-bond acceptors (Lipinski definition) is 4. The molecule has 0 bridgehead atoms. The van der Waals surface area contributed by atoms with E-state index in [1.807, 2.05) is 48.5 Å². The lowest BCUT2D eigenvalue weighted by atomic mass is 9.83. The van der Waals surface area contributed by atoms with Crippen LogP contribution < -0.4 is 5.46 Å². The molecule has 0 atom stereocenters. The number of fused-ring (bicyclic) bond motifs is 1. The van der Waals surface area contributed by atoms with Gasteiger partial charge in [-0.05, 0) is 28.2 Å². The van der Waals surface area contributed by atoms with Gasteiger partial charge in [-0.15, -0.1) is 5.16 Å². The molecule has 5 heteroatoms. The van der Waals surface area contributed by atoms with Crippen LogP contribution in [-0.2, 0) is 16.2 Å². The normalized spacial score (nSPS) is 12.6. The summed E-state index contributed by atoms with van der Waals surface area (Å²) in [5.41, 5.74) is 4.05. The van der Waals surface area contributed by atoms with Crippen molar-refractivity contribution in [3.05, 3.63) is 65.2 Å². The summed E-state index contributed by atoms with van der Waals surface area (Å²) < 4.78 is 4.87. The van der Waals surface area contributed by atoms with Gasteiger partial charge >= 0.3 is 7.48 Å². The van der Waals surface area contributed by atoms with Gasteiger partial charge in [0.25, 0.3) is 0 Å². The van der Waals surface area contributed by atoms with E-state index in [-0.39, 0.29) is 0 Å². The summed E-state index contributed by atoms with van der Waals surface area (Å²) in [4.78, 5) is 5.27. The van der Waals surface area contributed by atoms with Gasteiger partial charge in [0.1, 0.15) is 6.61 Å². The van der Waals surface area contributed by atoms with Crippen molar-refractivity contribution in [2.75, 3.05) is 0 Å². The maximum atomic E-state index is 5.27. The van der Waals surface area contributed by atoms with E-state index >= 15 is 0 Å². The molecule has 3 rings (SSSR count). The van der Waals surface area contributed by atoms with Gasteiger partial charge in [0.15, 0.2) is 0 Å². The molecule has 1 radical (unpaired) electrons. The van der Waals surface area contributed by atoms with Gasteiger partial charge in [0.05, 0.1) is 12.4 Å². The monoisotopic (exact) mass is 263 g/mol. The zero-order chi connectivity index (χ0) is 13.6. The Morgan fingerprint density at radius 1 is 1.20 bits per heavy atom. The second-order valence-electron chi connectivity index (χ2n) is 4.34. The van der Waals surface area contributed by atoms with Crippen LogP contribution in [0, 0.1) is 0 Å². The summed E-state index contributed by atoms with van der Waals surface area (Å²) in [6, 6.07) is 15.8. The SMILES string of the molecule is [B]1ON=Cc2cc(/C=N/OCc3ccccc3)ccc21. The minimum absolute atomic E-state index is 0.464. The second kappa shape index (κ2) is 6.06. The van der Waals surface area contributed by atoms with Crippen LogP contribution in [-0.4, -0.2) is 19.9 Å². The Kier molecular flexibility index (Phi) is 3.78. The highest BCUT2D eigenvalue weighted by atomic mass is 16.6. The lowest BCUT2D eigenvalue weighted by molar-refractivity contribution is 0.132. The smallest absolute Gasteiger partial charge is 0.449 e. The Morgan fingerprint density at radius 2 is 2.10 bits per heavy atom. The fraction of sp³-hybridized carbons (Fsp3) is 0.0667. The maximum absolute atomic E-state index is 5.27. The van der Waals surface area contributed by atoms with Crippen LogP contribution in [0.3, 0.4) is 0 Å².